The van der Waals surface area contributed by atoms with E-state index in [0.29, 0.717) is 6.42 Å². The van der Waals surface area contributed by atoms with Gasteiger partial charge in [0.15, 0.2) is 0 Å². The molecule has 0 N–H and O–H groups in total. The van der Waals surface area contributed by atoms with Crippen molar-refractivity contribution in [2.24, 2.45) is 0 Å². The van der Waals surface area contributed by atoms with E-state index in [1.54, 1.807) is 0 Å². The minimum absolute atomic E-state index is 0.255. The third-order valence-corrected chi connectivity index (χ3v) is 3.59. The highest BCUT2D eigenvalue weighted by Crippen LogP contribution is 2.09. The molecule has 3 nitrogen and oxygen atoms in total. The van der Waals surface area contributed by atoms with Gasteiger partial charge in [0.2, 0.25) is 0 Å². The molecule has 0 unspecified atom stereocenters. The van der Waals surface area contributed by atoms with Crippen LogP contribution in [0.1, 0.15) is 78.1 Å². The average Bonchev–Trinajstić information content (AvgIpc) is 2.58. The van der Waals surface area contributed by atoms with E-state index in [1.807, 2.05) is 0 Å². The van der Waals surface area contributed by atoms with E-state index in [2.05, 4.69) is 54.7 Å². The van der Waals surface area contributed by atoms with Gasteiger partial charge in [-0.25, -0.2) is 4.79 Å². The molecular formula is C22H34O3. The minimum atomic E-state index is -0.621. The molecule has 0 aromatic carbocycles. The summed E-state index contributed by atoms with van der Waals surface area (Å²) in [6, 6.07) is 0. The first-order valence-electron chi connectivity index (χ1n) is 9.43. The molecule has 0 saturated heterocycles. The standard InChI is InChI=1S/C22H34O3/c1-4-5-6-7-8-9-10-11-12-13-14-15-16-17-18-19-21(23)25-22(24)20(2)3/h5-6,8-9,11-12H,2,4,7,10,13-19H2,1,3H3/b6-5-,9-8-,12-11-. The largest absolute Gasteiger partial charge is 0.390 e. The predicted octanol–water partition coefficient (Wildman–Crippen LogP) is 6.22. The highest BCUT2D eigenvalue weighted by atomic mass is 16.6. The Bertz CT molecular complexity index is 470. The molecule has 0 saturated carbocycles. The number of esters is 2. The average molecular weight is 347 g/mol. The van der Waals surface area contributed by atoms with Crippen LogP contribution in [-0.2, 0) is 14.3 Å². The molecule has 0 fully saturated rings. The van der Waals surface area contributed by atoms with Crippen molar-refractivity contribution in [3.05, 3.63) is 48.6 Å². The second-order valence-corrected chi connectivity index (χ2v) is 6.14. The summed E-state index contributed by atoms with van der Waals surface area (Å²) >= 11 is 0. The van der Waals surface area contributed by atoms with Crippen LogP contribution in [0.4, 0.5) is 0 Å². The van der Waals surface area contributed by atoms with Gasteiger partial charge in [-0.2, -0.15) is 0 Å². The van der Waals surface area contributed by atoms with Crippen LogP contribution in [0.25, 0.3) is 0 Å². The first kappa shape index (κ1) is 23.1. The van der Waals surface area contributed by atoms with Gasteiger partial charge in [-0.1, -0.05) is 69.2 Å². The number of ether oxygens (including phenoxy) is 1. The van der Waals surface area contributed by atoms with E-state index in [4.69, 9.17) is 0 Å². The van der Waals surface area contributed by atoms with Crippen molar-refractivity contribution >= 4 is 11.9 Å². The summed E-state index contributed by atoms with van der Waals surface area (Å²) < 4.78 is 4.64. The van der Waals surface area contributed by atoms with Crippen LogP contribution in [0.2, 0.25) is 0 Å². The summed E-state index contributed by atoms with van der Waals surface area (Å²) in [5.74, 6) is -1.07. The lowest BCUT2D eigenvalue weighted by Gasteiger charge is -2.02. The fourth-order valence-corrected chi connectivity index (χ4v) is 2.13. The van der Waals surface area contributed by atoms with Crippen LogP contribution in [-0.4, -0.2) is 11.9 Å². The molecule has 0 aromatic rings. The van der Waals surface area contributed by atoms with Crippen LogP contribution in [0, 0.1) is 0 Å². The van der Waals surface area contributed by atoms with Crippen molar-refractivity contribution in [3.63, 3.8) is 0 Å². The van der Waals surface area contributed by atoms with E-state index < -0.39 is 11.9 Å². The van der Waals surface area contributed by atoms with E-state index in [-0.39, 0.29) is 5.57 Å². The lowest BCUT2D eigenvalue weighted by Crippen LogP contribution is -2.12. The van der Waals surface area contributed by atoms with Gasteiger partial charge in [-0.15, -0.1) is 0 Å². The van der Waals surface area contributed by atoms with Gasteiger partial charge in [0.1, 0.15) is 0 Å². The Hall–Kier alpha value is -1.90. The molecule has 0 aliphatic rings. The number of rotatable bonds is 14. The molecule has 140 valence electrons. The van der Waals surface area contributed by atoms with Crippen molar-refractivity contribution in [1.29, 1.82) is 0 Å². The highest BCUT2D eigenvalue weighted by molar-refractivity contribution is 5.95. The van der Waals surface area contributed by atoms with E-state index >= 15 is 0 Å². The maximum atomic E-state index is 11.4. The molecule has 0 aliphatic heterocycles. The maximum Gasteiger partial charge on any atom is 0.340 e. The zero-order chi connectivity index (χ0) is 18.8. The molecule has 0 spiro atoms. The fraction of sp³-hybridized carbons (Fsp3) is 0.545. The van der Waals surface area contributed by atoms with E-state index in [9.17, 15) is 9.59 Å². The predicted molar refractivity (Wildman–Crippen MR) is 105 cm³/mol. The third kappa shape index (κ3) is 16.7. The van der Waals surface area contributed by atoms with E-state index in [0.717, 1.165) is 44.9 Å². The molecule has 25 heavy (non-hydrogen) atoms. The molecule has 0 bridgehead atoms. The Morgan fingerprint density at radius 2 is 1.40 bits per heavy atom. The summed E-state index contributed by atoms with van der Waals surface area (Å²) in [4.78, 5) is 22.5. The number of hydrogen-bond donors (Lipinski definition) is 0. The summed E-state index contributed by atoms with van der Waals surface area (Å²) in [6.45, 7) is 7.12. The zero-order valence-electron chi connectivity index (χ0n) is 16.0. The smallest absolute Gasteiger partial charge is 0.340 e. The van der Waals surface area contributed by atoms with E-state index in [1.165, 1.54) is 19.8 Å². The molecule has 0 atom stereocenters. The van der Waals surface area contributed by atoms with Gasteiger partial charge in [-0.3, -0.25) is 4.79 Å². The summed E-state index contributed by atoms with van der Waals surface area (Å²) in [5.41, 5.74) is 0.255. The van der Waals surface area contributed by atoms with Crippen molar-refractivity contribution in [2.45, 2.75) is 78.1 Å². The molecular weight excluding hydrogens is 312 g/mol. The summed E-state index contributed by atoms with van der Waals surface area (Å²) in [5, 5.41) is 0. The van der Waals surface area contributed by atoms with Gasteiger partial charge in [0, 0.05) is 12.0 Å². The Morgan fingerprint density at radius 3 is 2.04 bits per heavy atom. The van der Waals surface area contributed by atoms with Crippen molar-refractivity contribution < 1.29 is 14.3 Å². The van der Waals surface area contributed by atoms with Crippen LogP contribution in [0.3, 0.4) is 0 Å². The number of hydrogen-bond acceptors (Lipinski definition) is 3. The molecule has 0 radical (unpaired) electrons. The molecule has 0 amide bonds. The second-order valence-electron chi connectivity index (χ2n) is 6.14. The highest BCUT2D eigenvalue weighted by Gasteiger charge is 2.10. The minimum Gasteiger partial charge on any atom is -0.390 e. The molecule has 0 aromatic heterocycles. The first-order valence-corrected chi connectivity index (χ1v) is 9.43. The summed E-state index contributed by atoms with van der Waals surface area (Å²) in [6.07, 6.45) is 23.0. The van der Waals surface area contributed by atoms with Gasteiger partial charge in [0.05, 0.1) is 0 Å². The van der Waals surface area contributed by atoms with Crippen molar-refractivity contribution in [2.75, 3.05) is 0 Å². The van der Waals surface area contributed by atoms with Gasteiger partial charge in [-0.05, 0) is 45.4 Å². The number of carbonyl (C=O) groups is 2. The second kappa shape index (κ2) is 16.9. The van der Waals surface area contributed by atoms with Gasteiger partial charge < -0.3 is 4.74 Å². The molecule has 0 aliphatic carbocycles. The Morgan fingerprint density at radius 1 is 0.840 bits per heavy atom. The lowest BCUT2D eigenvalue weighted by atomic mass is 10.1. The normalized spacial score (nSPS) is 11.6. The summed E-state index contributed by atoms with van der Waals surface area (Å²) in [7, 11) is 0. The number of carbonyl (C=O) groups excluding carboxylic acids is 2. The first-order chi connectivity index (χ1) is 12.1. The van der Waals surface area contributed by atoms with Gasteiger partial charge in [0.25, 0.3) is 0 Å². The van der Waals surface area contributed by atoms with Crippen LogP contribution >= 0.6 is 0 Å². The maximum absolute atomic E-state index is 11.4. The van der Waals surface area contributed by atoms with Crippen molar-refractivity contribution in [1.82, 2.24) is 0 Å². The lowest BCUT2D eigenvalue weighted by molar-refractivity contribution is -0.156. The Balaban J connectivity index is 3.42. The zero-order valence-corrected chi connectivity index (χ0v) is 16.0. The Kier molecular flexibility index (Phi) is 15.7. The topological polar surface area (TPSA) is 43.4 Å². The molecule has 0 rings (SSSR count). The van der Waals surface area contributed by atoms with Crippen molar-refractivity contribution in [3.8, 4) is 0 Å². The SMILES string of the molecule is C=C(C)C(=O)OC(=O)CCCCCCC/C=C\C/C=C\C/C=C\CC. The fourth-order valence-electron chi connectivity index (χ4n) is 2.13. The Labute approximate surface area is 153 Å². The van der Waals surface area contributed by atoms with Gasteiger partial charge >= 0.3 is 11.9 Å². The monoisotopic (exact) mass is 346 g/mol. The van der Waals surface area contributed by atoms with Crippen LogP contribution < -0.4 is 0 Å². The van der Waals surface area contributed by atoms with Crippen LogP contribution in [0.5, 0.6) is 0 Å². The molecule has 3 heteroatoms. The number of unbranched alkanes of at least 4 members (excludes halogenated alkanes) is 5. The number of allylic oxidation sites excluding steroid dienone is 6. The quantitative estimate of drug-likeness (QED) is 0.123. The molecule has 0 heterocycles. The van der Waals surface area contributed by atoms with Crippen LogP contribution in [0.15, 0.2) is 48.6 Å². The third-order valence-electron chi connectivity index (χ3n) is 3.59.